The van der Waals surface area contributed by atoms with Crippen molar-refractivity contribution in [3.8, 4) is 34.5 Å². The van der Waals surface area contributed by atoms with E-state index >= 15 is 0 Å². The molecule has 0 fully saturated rings. The Hall–Kier alpha value is -2.26. The van der Waals surface area contributed by atoms with E-state index in [0.29, 0.717) is 0 Å². The van der Waals surface area contributed by atoms with Gasteiger partial charge in [-0.15, -0.1) is 0 Å². The molecule has 0 heterocycles. The topological polar surface area (TPSA) is 55.4 Å². The number of hydrogen-bond acceptors (Lipinski definition) is 6. The van der Waals surface area contributed by atoms with Crippen molar-refractivity contribution in [3.63, 3.8) is 0 Å². The molecule has 0 aliphatic heterocycles. The van der Waals surface area contributed by atoms with E-state index in [1.807, 2.05) is 36.4 Å². The summed E-state index contributed by atoms with van der Waals surface area (Å²) in [6, 6.07) is 18.2. The third-order valence-corrected chi connectivity index (χ3v) is 17.2. The molecule has 0 saturated carbocycles. The normalized spacial score (nSPS) is 13.7. The van der Waals surface area contributed by atoms with Gasteiger partial charge in [-0.25, -0.2) is 0 Å². The summed E-state index contributed by atoms with van der Waals surface area (Å²) in [6.45, 7) is 8.94. The second kappa shape index (κ2) is 15.8. The van der Waals surface area contributed by atoms with Gasteiger partial charge in [-0.2, -0.15) is 0 Å². The summed E-state index contributed by atoms with van der Waals surface area (Å²) in [5.74, 6) is 4.49. The number of ether oxygens (including phenoxy) is 6. The van der Waals surface area contributed by atoms with Crippen LogP contribution < -0.4 is 81.2 Å². The first-order valence-corrected chi connectivity index (χ1v) is 16.2. The van der Waals surface area contributed by atoms with E-state index < -0.39 is 11.4 Å². The monoisotopic (exact) mass is 712 g/mol. The molecule has 236 valence electrons. The molecule has 44 heavy (non-hydrogen) atoms. The van der Waals surface area contributed by atoms with Gasteiger partial charge in [0.2, 0.25) is 0 Å². The van der Waals surface area contributed by atoms with Crippen LogP contribution in [0.3, 0.4) is 0 Å². The first-order valence-electron chi connectivity index (χ1n) is 13.4. The minimum Gasteiger partial charge on any atom is -1.00 e. The van der Waals surface area contributed by atoms with Crippen molar-refractivity contribution < 1.29 is 86.1 Å². The van der Waals surface area contributed by atoms with Gasteiger partial charge in [-0.1, -0.05) is 0 Å². The Morgan fingerprint density at radius 2 is 0.750 bits per heavy atom. The maximum atomic E-state index is 6.19. The zero-order chi connectivity index (χ0) is 30.1. The number of benzene rings is 3. The molecule has 0 atom stereocenters. The van der Waals surface area contributed by atoms with E-state index in [-0.39, 0.29) is 37.2 Å². The third kappa shape index (κ3) is 6.00. The average Bonchev–Trinajstić information content (AvgIpc) is 3.16. The molecule has 4 rings (SSSR count). The standard InChI is InChI=1S/C33H39O6Si.3ClH.Ti/c1-20-21(2)23(4)33(22(20)3)40(30-17-24(34-5)11-14-27(30)37-8,31-18-25(35-6)12-15-28(31)38-9)32-19-26(36-7)13-16-29(32)39-10;;;;/h11-19H,1-10H3;3*1H;/q;;;;+3/p-3. The zero-order valence-electron chi connectivity index (χ0n) is 26.8. The van der Waals surface area contributed by atoms with Crippen molar-refractivity contribution in [2.45, 2.75) is 31.0 Å². The SMILES string of the molecule is COc1ccc(OC)c([Si](c2cc(OC)ccc2OC)(c2cc(OC)ccc2OC)[C]2([Ti+3])C(C)=C(C)C(C)=C2C)c1.[Cl-].[Cl-].[Cl-]. The van der Waals surface area contributed by atoms with Crippen molar-refractivity contribution in [2.75, 3.05) is 42.7 Å². The zero-order valence-corrected chi connectivity index (χ0v) is 31.6. The van der Waals surface area contributed by atoms with Crippen LogP contribution in [-0.2, 0) is 20.4 Å². The maximum absolute atomic E-state index is 6.19. The molecule has 3 aromatic carbocycles. The van der Waals surface area contributed by atoms with E-state index in [0.717, 1.165) is 50.1 Å². The Labute approximate surface area is 293 Å². The first-order chi connectivity index (χ1) is 19.6. The predicted octanol–water partition coefficient (Wildman–Crippen LogP) is -3.85. The van der Waals surface area contributed by atoms with Crippen LogP contribution in [0.25, 0.3) is 0 Å². The number of allylic oxidation sites excluding steroid dienone is 4. The number of halogens is 3. The summed E-state index contributed by atoms with van der Waals surface area (Å²) in [4.78, 5) is 0. The summed E-state index contributed by atoms with van der Waals surface area (Å²) in [7, 11) is 6.82. The number of hydrogen-bond donors (Lipinski definition) is 0. The molecule has 0 amide bonds. The Kier molecular flexibility index (Phi) is 14.3. The minimum atomic E-state index is -3.40. The van der Waals surface area contributed by atoms with Crippen molar-refractivity contribution in [1.29, 1.82) is 0 Å². The van der Waals surface area contributed by atoms with Gasteiger partial charge in [0.1, 0.15) is 0 Å². The fraction of sp³-hybridized carbons (Fsp3) is 0.333. The largest absolute Gasteiger partial charge is 1.00 e. The second-order valence-electron chi connectivity index (χ2n) is 10.2. The Balaban J connectivity index is 0.00000323. The predicted molar refractivity (Wildman–Crippen MR) is 163 cm³/mol. The van der Waals surface area contributed by atoms with E-state index in [9.17, 15) is 0 Å². The van der Waals surface area contributed by atoms with Crippen LogP contribution in [0, 0.1) is 0 Å². The van der Waals surface area contributed by atoms with Crippen LogP contribution in [0.2, 0.25) is 3.34 Å². The molecular formula is C33H39Cl3O6SiTi. The molecule has 0 saturated heterocycles. The number of rotatable bonds is 10. The van der Waals surface area contributed by atoms with Gasteiger partial charge in [-0.05, 0) is 0 Å². The van der Waals surface area contributed by atoms with Crippen LogP contribution in [-0.4, -0.2) is 50.7 Å². The average molecular weight is 714 g/mol. The maximum Gasteiger partial charge on any atom is -1.00 e. The third-order valence-electron chi connectivity index (χ3n) is 8.81. The van der Waals surface area contributed by atoms with Crippen molar-refractivity contribution in [1.82, 2.24) is 0 Å². The van der Waals surface area contributed by atoms with E-state index in [2.05, 4.69) is 66.3 Å². The molecule has 0 radical (unpaired) electrons. The summed E-state index contributed by atoms with van der Waals surface area (Å²) in [5.41, 5.74) is 5.15. The van der Waals surface area contributed by atoms with Gasteiger partial charge in [0, 0.05) is 0 Å². The van der Waals surface area contributed by atoms with Gasteiger partial charge in [0.15, 0.2) is 0 Å². The van der Waals surface area contributed by atoms with Crippen LogP contribution in [0.15, 0.2) is 76.9 Å². The Morgan fingerprint density at radius 1 is 0.477 bits per heavy atom. The van der Waals surface area contributed by atoms with Gasteiger partial charge in [-0.3, -0.25) is 0 Å². The van der Waals surface area contributed by atoms with Crippen molar-refractivity contribution in [3.05, 3.63) is 76.9 Å². The smallest absolute Gasteiger partial charge is 1.00 e. The van der Waals surface area contributed by atoms with E-state index in [1.165, 1.54) is 22.3 Å². The molecule has 0 bridgehead atoms. The molecule has 0 aromatic heterocycles. The summed E-state index contributed by atoms with van der Waals surface area (Å²) in [6.07, 6.45) is 0. The van der Waals surface area contributed by atoms with Crippen LogP contribution in [0.5, 0.6) is 34.5 Å². The molecule has 6 nitrogen and oxygen atoms in total. The molecule has 11 heteroatoms. The molecule has 3 aromatic rings. The molecular weight excluding hydrogens is 675 g/mol. The van der Waals surface area contributed by atoms with Gasteiger partial charge >= 0.3 is 258 Å². The summed E-state index contributed by atoms with van der Waals surface area (Å²) < 4.78 is 35.6. The molecule has 1 aliphatic carbocycles. The molecule has 0 unspecified atom stereocenters. The fourth-order valence-corrected chi connectivity index (χ4v) is 15.1. The van der Waals surface area contributed by atoms with Crippen molar-refractivity contribution >= 4 is 23.6 Å². The van der Waals surface area contributed by atoms with Gasteiger partial charge < -0.3 is 37.2 Å². The van der Waals surface area contributed by atoms with Gasteiger partial charge in [0.05, 0.1) is 0 Å². The minimum absolute atomic E-state index is 0. The quantitative estimate of drug-likeness (QED) is 0.159. The van der Waals surface area contributed by atoms with Gasteiger partial charge in [0.25, 0.3) is 0 Å². The molecule has 0 N–H and O–H groups in total. The summed E-state index contributed by atoms with van der Waals surface area (Å²) in [5, 5.41) is 3.09. The van der Waals surface area contributed by atoms with E-state index in [1.54, 1.807) is 42.7 Å². The Bertz CT molecular complexity index is 1380. The van der Waals surface area contributed by atoms with Crippen molar-refractivity contribution in [2.24, 2.45) is 0 Å². The van der Waals surface area contributed by atoms with Crippen LogP contribution in [0.1, 0.15) is 27.7 Å². The second-order valence-corrected chi connectivity index (χ2v) is 16.0. The van der Waals surface area contributed by atoms with Crippen LogP contribution >= 0.6 is 0 Å². The Morgan fingerprint density at radius 3 is 0.977 bits per heavy atom. The molecule has 0 spiro atoms. The van der Waals surface area contributed by atoms with E-state index in [4.69, 9.17) is 28.4 Å². The van der Waals surface area contributed by atoms with Crippen LogP contribution in [0.4, 0.5) is 0 Å². The summed E-state index contributed by atoms with van der Waals surface area (Å²) >= 11 is 2.36. The molecule has 1 aliphatic rings. The number of methoxy groups -OCH3 is 6. The first kappa shape index (κ1) is 39.8. The fourth-order valence-electron chi connectivity index (χ4n) is 6.33.